The van der Waals surface area contributed by atoms with Crippen LogP contribution >= 0.6 is 7.82 Å². The van der Waals surface area contributed by atoms with Gasteiger partial charge < -0.3 is 36.4 Å². The predicted molar refractivity (Wildman–Crippen MR) is 286 cm³/mol. The molecule has 0 amide bonds. The molecular formula is C54H123N4O4P. The van der Waals surface area contributed by atoms with Crippen molar-refractivity contribution in [3.63, 3.8) is 0 Å². The van der Waals surface area contributed by atoms with Crippen LogP contribution in [0.5, 0.6) is 0 Å². The highest BCUT2D eigenvalue weighted by Gasteiger charge is 2.01. The second-order valence-electron chi connectivity index (χ2n) is 21.1. The summed E-state index contributed by atoms with van der Waals surface area (Å²) in [5.74, 6) is 5.15. The number of nitrogens with one attached hydrogen (secondary N) is 3. The monoisotopic (exact) mass is 923 g/mol. The summed E-state index contributed by atoms with van der Waals surface area (Å²) in [5.41, 5.74) is 5.48. The van der Waals surface area contributed by atoms with E-state index < -0.39 is 7.82 Å². The first kappa shape index (κ1) is 71.9. The van der Waals surface area contributed by atoms with Crippen LogP contribution < -0.4 is 21.7 Å². The van der Waals surface area contributed by atoms with Crippen LogP contribution in [0, 0.1) is 35.5 Å². The Balaban J connectivity index is -0.000000232. The molecule has 0 aliphatic carbocycles. The molecule has 0 fully saturated rings. The van der Waals surface area contributed by atoms with Gasteiger partial charge in [0.2, 0.25) is 0 Å². The van der Waals surface area contributed by atoms with E-state index in [1.165, 1.54) is 219 Å². The molecule has 0 aromatic rings. The Morgan fingerprint density at radius 2 is 0.492 bits per heavy atom. The van der Waals surface area contributed by atoms with Gasteiger partial charge in [-0.15, -0.1) is 0 Å². The van der Waals surface area contributed by atoms with Crippen LogP contribution in [0.2, 0.25) is 0 Å². The molecule has 388 valence electrons. The predicted octanol–water partition coefficient (Wildman–Crippen LogP) is 15.6. The molecule has 0 radical (unpaired) electrons. The van der Waals surface area contributed by atoms with Crippen LogP contribution in [0.4, 0.5) is 0 Å². The van der Waals surface area contributed by atoms with Gasteiger partial charge in [-0.1, -0.05) is 186 Å². The van der Waals surface area contributed by atoms with Gasteiger partial charge in [-0.2, -0.15) is 0 Å². The van der Waals surface area contributed by atoms with Crippen LogP contribution in [0.15, 0.2) is 0 Å². The van der Waals surface area contributed by atoms with E-state index >= 15 is 0 Å². The number of unbranched alkanes of at least 4 members (excludes halogenated alkanes) is 15. The third-order valence-electron chi connectivity index (χ3n) is 10.9. The minimum Gasteiger partial charge on any atom is -0.330 e. The van der Waals surface area contributed by atoms with Crippen molar-refractivity contribution >= 4 is 7.82 Å². The smallest absolute Gasteiger partial charge is 0.330 e. The number of hydrogen-bond donors (Lipinski definition) is 7. The minimum absolute atomic E-state index is 0.859. The number of rotatable bonds is 40. The van der Waals surface area contributed by atoms with E-state index in [1.54, 1.807) is 0 Å². The summed E-state index contributed by atoms with van der Waals surface area (Å²) in [5, 5.41) is 10.5. The van der Waals surface area contributed by atoms with Crippen LogP contribution in [0.3, 0.4) is 0 Å². The van der Waals surface area contributed by atoms with E-state index in [-0.39, 0.29) is 0 Å². The lowest BCUT2D eigenvalue weighted by Gasteiger charge is -2.07. The lowest BCUT2D eigenvalue weighted by Crippen LogP contribution is -2.17. The molecule has 0 rings (SSSR count). The molecule has 0 aliphatic rings. The van der Waals surface area contributed by atoms with E-state index in [2.05, 4.69) is 106 Å². The highest BCUT2D eigenvalue weighted by Crippen LogP contribution is 2.25. The summed E-state index contributed by atoms with van der Waals surface area (Å²) in [6, 6.07) is 0. The fraction of sp³-hybridized carbons (Fsp3) is 1.00. The van der Waals surface area contributed by atoms with Crippen molar-refractivity contribution in [1.29, 1.82) is 0 Å². The molecule has 0 spiro atoms. The van der Waals surface area contributed by atoms with Crippen molar-refractivity contribution in [3.05, 3.63) is 0 Å². The second-order valence-corrected chi connectivity index (χ2v) is 22.1. The zero-order valence-electron chi connectivity index (χ0n) is 45.5. The molecule has 0 heterocycles. The molecule has 0 aromatic heterocycles. The first-order valence-electron chi connectivity index (χ1n) is 27.4. The quantitative estimate of drug-likeness (QED) is 0.0238. The summed E-state index contributed by atoms with van der Waals surface area (Å²) >= 11 is 0. The molecular weight excluding hydrogens is 800 g/mol. The van der Waals surface area contributed by atoms with Gasteiger partial charge in [0.25, 0.3) is 0 Å². The molecule has 8 N–H and O–H groups in total. The Kier molecular flexibility index (Phi) is 68.5. The van der Waals surface area contributed by atoms with Crippen LogP contribution in [-0.2, 0) is 4.57 Å². The summed E-state index contributed by atoms with van der Waals surface area (Å²) in [7, 11) is -4.64. The van der Waals surface area contributed by atoms with Crippen molar-refractivity contribution in [2.24, 2.45) is 41.2 Å². The molecule has 0 saturated carbocycles. The molecule has 8 nitrogen and oxygen atoms in total. The first-order chi connectivity index (χ1) is 29.8. The largest absolute Gasteiger partial charge is 0.466 e. The van der Waals surface area contributed by atoms with E-state index in [9.17, 15) is 0 Å². The lowest BCUT2D eigenvalue weighted by atomic mass is 10.0. The van der Waals surface area contributed by atoms with Gasteiger partial charge in [0.05, 0.1) is 0 Å². The van der Waals surface area contributed by atoms with E-state index in [4.69, 9.17) is 25.0 Å². The summed E-state index contributed by atoms with van der Waals surface area (Å²) < 4.78 is 8.88. The standard InChI is InChI=1S/C18H39N.3C12H27N.H3O4P/c1-2-3-4-5-6-7-8-9-10-11-12-13-14-15-16-17-18-19;3*1-11(2)7-5-9-13-10-6-8-12(3)4;1-5(2,3)4/h2-19H2,1H3;3*11-13H,5-10H2,1-4H3;(H3,1,2,3,4). The van der Waals surface area contributed by atoms with Gasteiger partial charge in [-0.25, -0.2) is 4.57 Å². The van der Waals surface area contributed by atoms with Crippen LogP contribution in [0.25, 0.3) is 0 Å². The van der Waals surface area contributed by atoms with Gasteiger partial charge >= 0.3 is 7.82 Å². The van der Waals surface area contributed by atoms with Gasteiger partial charge in [-0.3, -0.25) is 0 Å². The zero-order chi connectivity index (χ0) is 48.8. The summed E-state index contributed by atoms with van der Waals surface area (Å²) in [4.78, 5) is 21.6. The average Bonchev–Trinajstić information content (AvgIpc) is 3.18. The average molecular weight is 924 g/mol. The van der Waals surface area contributed by atoms with E-state index in [1.807, 2.05) is 0 Å². The van der Waals surface area contributed by atoms with Crippen molar-refractivity contribution < 1.29 is 19.2 Å². The molecule has 0 bridgehead atoms. The zero-order valence-corrected chi connectivity index (χ0v) is 46.4. The Hall–Kier alpha value is -0.0500. The topological polar surface area (TPSA) is 140 Å². The molecule has 0 atom stereocenters. The summed E-state index contributed by atoms with van der Waals surface area (Å²) in [6.07, 6.45) is 39.0. The van der Waals surface area contributed by atoms with Gasteiger partial charge in [0.1, 0.15) is 0 Å². The third kappa shape index (κ3) is 105. The van der Waals surface area contributed by atoms with Crippen molar-refractivity contribution in [3.8, 4) is 0 Å². The SMILES string of the molecule is CC(C)CCCNCCCC(C)C.CC(C)CCCNCCCC(C)C.CC(C)CCCNCCCC(C)C.CCCCCCCCCCCCCCCCCCN.O=P(O)(O)O. The number of nitrogens with two attached hydrogens (primary N) is 1. The van der Waals surface area contributed by atoms with Crippen LogP contribution in [0.1, 0.15) is 270 Å². The fourth-order valence-electron chi connectivity index (χ4n) is 6.88. The normalized spacial score (nSPS) is 11.4. The van der Waals surface area contributed by atoms with Crippen molar-refractivity contribution in [2.45, 2.75) is 270 Å². The Morgan fingerprint density at radius 3 is 0.635 bits per heavy atom. The third-order valence-corrected chi connectivity index (χ3v) is 10.9. The Labute approximate surface area is 398 Å². The molecule has 0 unspecified atom stereocenters. The van der Waals surface area contributed by atoms with Crippen LogP contribution in [-0.4, -0.2) is 60.5 Å². The second kappa shape index (κ2) is 60.0. The lowest BCUT2D eigenvalue weighted by molar-refractivity contribution is 0.275. The molecule has 0 saturated heterocycles. The number of hydrogen-bond acceptors (Lipinski definition) is 5. The molecule has 0 aliphatic heterocycles. The fourth-order valence-corrected chi connectivity index (χ4v) is 6.88. The number of phosphoric acid groups is 1. The minimum atomic E-state index is -4.64. The molecule has 63 heavy (non-hydrogen) atoms. The van der Waals surface area contributed by atoms with Crippen molar-refractivity contribution in [1.82, 2.24) is 16.0 Å². The Morgan fingerprint density at radius 1 is 0.333 bits per heavy atom. The van der Waals surface area contributed by atoms with Gasteiger partial charge in [0, 0.05) is 0 Å². The van der Waals surface area contributed by atoms with Gasteiger partial charge in [-0.05, 0) is 165 Å². The van der Waals surface area contributed by atoms with E-state index in [0.29, 0.717) is 0 Å². The first-order valence-corrected chi connectivity index (χ1v) is 29.0. The highest BCUT2D eigenvalue weighted by atomic mass is 31.2. The molecule has 0 aromatic carbocycles. The highest BCUT2D eigenvalue weighted by molar-refractivity contribution is 7.45. The molecule has 9 heteroatoms. The Bertz CT molecular complexity index is 702. The van der Waals surface area contributed by atoms with E-state index in [0.717, 1.165) is 42.1 Å². The van der Waals surface area contributed by atoms with Gasteiger partial charge in [0.15, 0.2) is 0 Å². The maximum Gasteiger partial charge on any atom is 0.466 e. The van der Waals surface area contributed by atoms with Crippen molar-refractivity contribution in [2.75, 3.05) is 45.8 Å². The maximum atomic E-state index is 8.88. The maximum absolute atomic E-state index is 8.88. The summed E-state index contributed by atoms with van der Waals surface area (Å²) in [6.45, 7) is 37.9.